The highest BCUT2D eigenvalue weighted by atomic mass is 16.6. The number of likely N-dealkylation sites (N-methyl/N-ethyl adjacent to an activating group) is 1. The van der Waals surface area contributed by atoms with Gasteiger partial charge in [0.1, 0.15) is 11.4 Å². The van der Waals surface area contributed by atoms with Crippen LogP contribution >= 0.6 is 0 Å². The standard InChI is InChI=1S/C20H35N5O3/c1-7-21-18(22-13-16(24(5)6)17-9-8-12-27-17)25-11-10-15(14-25)23-19(26)28-20(2,3)4/h8-9,12,15-16H,7,10-11,13-14H2,1-6H3,(H,21,22)(H,23,26). The average Bonchev–Trinajstić information content (AvgIpc) is 3.24. The SMILES string of the molecule is CCNC(=NCC(c1ccco1)N(C)C)N1CCC(NC(=O)OC(C)(C)C)C1. The Hall–Kier alpha value is -2.22. The zero-order chi connectivity index (χ0) is 20.7. The van der Waals surface area contributed by atoms with Crippen molar-refractivity contribution in [3.63, 3.8) is 0 Å². The first-order valence-corrected chi connectivity index (χ1v) is 9.92. The van der Waals surface area contributed by atoms with Gasteiger partial charge in [-0.3, -0.25) is 9.89 Å². The Morgan fingerprint density at radius 2 is 2.21 bits per heavy atom. The van der Waals surface area contributed by atoms with Gasteiger partial charge in [-0.15, -0.1) is 0 Å². The summed E-state index contributed by atoms with van der Waals surface area (Å²) in [4.78, 5) is 21.1. The molecule has 1 saturated heterocycles. The maximum Gasteiger partial charge on any atom is 0.407 e. The molecule has 8 nitrogen and oxygen atoms in total. The lowest BCUT2D eigenvalue weighted by atomic mass is 10.2. The van der Waals surface area contributed by atoms with E-state index >= 15 is 0 Å². The minimum absolute atomic E-state index is 0.0495. The van der Waals surface area contributed by atoms with E-state index in [4.69, 9.17) is 14.1 Å². The van der Waals surface area contributed by atoms with Gasteiger partial charge in [-0.25, -0.2) is 4.79 Å². The quantitative estimate of drug-likeness (QED) is 0.571. The van der Waals surface area contributed by atoms with Crippen molar-refractivity contribution in [1.29, 1.82) is 0 Å². The van der Waals surface area contributed by atoms with E-state index in [1.165, 1.54) is 0 Å². The topological polar surface area (TPSA) is 82.3 Å². The average molecular weight is 394 g/mol. The summed E-state index contributed by atoms with van der Waals surface area (Å²) in [6.45, 7) is 10.6. The number of carbonyl (C=O) groups is 1. The number of amides is 1. The third-order valence-corrected chi connectivity index (χ3v) is 4.45. The molecule has 1 fully saturated rings. The van der Waals surface area contributed by atoms with Gasteiger partial charge in [0.2, 0.25) is 0 Å². The van der Waals surface area contributed by atoms with E-state index in [9.17, 15) is 4.79 Å². The lowest BCUT2D eigenvalue weighted by molar-refractivity contribution is 0.0507. The molecule has 2 rings (SSSR count). The van der Waals surface area contributed by atoms with E-state index in [0.717, 1.165) is 31.2 Å². The van der Waals surface area contributed by atoms with Crippen molar-refractivity contribution in [2.45, 2.75) is 51.8 Å². The lowest BCUT2D eigenvalue weighted by Crippen LogP contribution is -2.44. The molecule has 1 aromatic rings. The van der Waals surface area contributed by atoms with Crippen molar-refractivity contribution in [2.24, 2.45) is 4.99 Å². The third-order valence-electron chi connectivity index (χ3n) is 4.45. The van der Waals surface area contributed by atoms with Crippen molar-refractivity contribution in [1.82, 2.24) is 20.4 Å². The number of nitrogens with one attached hydrogen (secondary N) is 2. The summed E-state index contributed by atoms with van der Waals surface area (Å²) in [7, 11) is 4.04. The lowest BCUT2D eigenvalue weighted by Gasteiger charge is -2.25. The van der Waals surface area contributed by atoms with Crippen LogP contribution in [0.4, 0.5) is 4.79 Å². The van der Waals surface area contributed by atoms with E-state index in [1.54, 1.807) is 6.26 Å². The fourth-order valence-electron chi connectivity index (χ4n) is 3.13. The maximum atomic E-state index is 12.0. The number of ether oxygens (including phenoxy) is 1. The van der Waals surface area contributed by atoms with Gasteiger partial charge in [-0.05, 0) is 60.3 Å². The highest BCUT2D eigenvalue weighted by Crippen LogP contribution is 2.19. The van der Waals surface area contributed by atoms with Crippen molar-refractivity contribution < 1.29 is 13.9 Å². The van der Waals surface area contributed by atoms with Crippen LogP contribution in [0, 0.1) is 0 Å². The van der Waals surface area contributed by atoms with Gasteiger partial charge < -0.3 is 24.7 Å². The van der Waals surface area contributed by atoms with Gasteiger partial charge in [0.15, 0.2) is 5.96 Å². The number of guanidine groups is 1. The fourth-order valence-corrected chi connectivity index (χ4v) is 3.13. The number of hydrogen-bond donors (Lipinski definition) is 2. The van der Waals surface area contributed by atoms with E-state index in [1.807, 2.05) is 47.0 Å². The Balaban J connectivity index is 1.98. The first-order valence-electron chi connectivity index (χ1n) is 9.92. The Bertz CT molecular complexity index is 637. The summed E-state index contributed by atoms with van der Waals surface area (Å²) >= 11 is 0. The van der Waals surface area contributed by atoms with Crippen molar-refractivity contribution in [2.75, 3.05) is 40.3 Å². The summed E-state index contributed by atoms with van der Waals surface area (Å²) in [5.41, 5.74) is -0.494. The molecule has 28 heavy (non-hydrogen) atoms. The molecule has 2 atom stereocenters. The summed E-state index contributed by atoms with van der Waals surface area (Å²) < 4.78 is 10.9. The zero-order valence-corrected chi connectivity index (χ0v) is 18.0. The number of furan rings is 1. The van der Waals surface area contributed by atoms with E-state index < -0.39 is 5.60 Å². The molecule has 0 bridgehead atoms. The van der Waals surface area contributed by atoms with E-state index in [2.05, 4.69) is 27.4 Å². The number of nitrogens with zero attached hydrogens (tertiary/aromatic N) is 3. The van der Waals surface area contributed by atoms with Gasteiger partial charge in [-0.1, -0.05) is 0 Å². The molecule has 0 radical (unpaired) electrons. The molecule has 1 aromatic heterocycles. The summed E-state index contributed by atoms with van der Waals surface area (Å²) in [6, 6.07) is 3.99. The summed E-state index contributed by atoms with van der Waals surface area (Å²) in [6.07, 6.45) is 2.18. The molecule has 2 unspecified atom stereocenters. The van der Waals surface area contributed by atoms with Crippen LogP contribution in [0.15, 0.2) is 27.8 Å². The summed E-state index contributed by atoms with van der Waals surface area (Å²) in [5, 5.41) is 6.32. The van der Waals surface area contributed by atoms with Gasteiger partial charge in [-0.2, -0.15) is 0 Å². The van der Waals surface area contributed by atoms with Crippen LogP contribution in [0.2, 0.25) is 0 Å². The van der Waals surface area contributed by atoms with Crippen LogP contribution in [0.5, 0.6) is 0 Å². The first-order chi connectivity index (χ1) is 13.2. The molecule has 2 N–H and O–H groups in total. The second-order valence-electron chi connectivity index (χ2n) is 8.27. The number of rotatable bonds is 6. The maximum absolute atomic E-state index is 12.0. The van der Waals surface area contributed by atoms with Gasteiger partial charge in [0, 0.05) is 19.6 Å². The molecule has 1 aliphatic heterocycles. The minimum Gasteiger partial charge on any atom is -0.468 e. The van der Waals surface area contributed by atoms with Crippen LogP contribution in [0.3, 0.4) is 0 Å². The molecule has 0 aromatic carbocycles. The third kappa shape index (κ3) is 6.74. The molecular formula is C20H35N5O3. The highest BCUT2D eigenvalue weighted by molar-refractivity contribution is 5.80. The Labute approximate surface area is 168 Å². The molecule has 1 aliphatic rings. The molecule has 0 saturated carbocycles. The van der Waals surface area contributed by atoms with Crippen molar-refractivity contribution >= 4 is 12.1 Å². The summed E-state index contributed by atoms with van der Waals surface area (Å²) in [5.74, 6) is 1.75. The van der Waals surface area contributed by atoms with E-state index in [-0.39, 0.29) is 18.2 Å². The van der Waals surface area contributed by atoms with Crippen LogP contribution in [-0.2, 0) is 4.74 Å². The molecule has 0 spiro atoms. The monoisotopic (exact) mass is 393 g/mol. The normalized spacial score (nSPS) is 19.0. The zero-order valence-electron chi connectivity index (χ0n) is 18.0. The number of likely N-dealkylation sites (tertiary alicyclic amines) is 1. The molecule has 158 valence electrons. The van der Waals surface area contributed by atoms with Crippen LogP contribution < -0.4 is 10.6 Å². The van der Waals surface area contributed by atoms with Gasteiger partial charge in [0.25, 0.3) is 0 Å². The molecule has 1 amide bonds. The molecule has 2 heterocycles. The van der Waals surface area contributed by atoms with Crippen LogP contribution in [0.1, 0.15) is 45.9 Å². The predicted octanol–water partition coefficient (Wildman–Crippen LogP) is 2.45. The van der Waals surface area contributed by atoms with Crippen LogP contribution in [-0.4, -0.2) is 73.8 Å². The molecule has 0 aliphatic carbocycles. The number of aliphatic imine (C=N–C) groups is 1. The predicted molar refractivity (Wildman–Crippen MR) is 110 cm³/mol. The first kappa shape index (κ1) is 22.1. The Morgan fingerprint density at radius 1 is 1.46 bits per heavy atom. The minimum atomic E-state index is -0.494. The number of carbonyl (C=O) groups excluding carboxylic acids is 1. The van der Waals surface area contributed by atoms with E-state index in [0.29, 0.717) is 13.1 Å². The van der Waals surface area contributed by atoms with Gasteiger partial charge in [0.05, 0.1) is 24.9 Å². The van der Waals surface area contributed by atoms with Crippen LogP contribution in [0.25, 0.3) is 0 Å². The van der Waals surface area contributed by atoms with Gasteiger partial charge >= 0.3 is 6.09 Å². The highest BCUT2D eigenvalue weighted by Gasteiger charge is 2.28. The Kier molecular flexibility index (Phi) is 7.74. The second kappa shape index (κ2) is 9.82. The second-order valence-corrected chi connectivity index (χ2v) is 8.27. The fraction of sp³-hybridized carbons (Fsp3) is 0.700. The van der Waals surface area contributed by atoms with Crippen molar-refractivity contribution in [3.8, 4) is 0 Å². The molecule has 8 heteroatoms. The largest absolute Gasteiger partial charge is 0.468 e. The number of hydrogen-bond acceptors (Lipinski definition) is 5. The van der Waals surface area contributed by atoms with Crippen molar-refractivity contribution in [3.05, 3.63) is 24.2 Å². The molecular weight excluding hydrogens is 358 g/mol. The smallest absolute Gasteiger partial charge is 0.407 e. The number of alkyl carbamates (subject to hydrolysis) is 1. The Morgan fingerprint density at radius 3 is 2.79 bits per heavy atom.